The average molecular weight is 420 g/mol. The van der Waals surface area contributed by atoms with Gasteiger partial charge in [-0.3, -0.25) is 4.79 Å². The van der Waals surface area contributed by atoms with Crippen molar-refractivity contribution in [2.45, 2.75) is 17.9 Å². The number of hydrogen-bond donors (Lipinski definition) is 2. The third-order valence-electron chi connectivity index (χ3n) is 4.18. The Bertz CT molecular complexity index is 975. The van der Waals surface area contributed by atoms with Crippen molar-refractivity contribution in [3.8, 4) is 17.2 Å². The number of methoxy groups -OCH3 is 3. The van der Waals surface area contributed by atoms with Crippen molar-refractivity contribution in [1.29, 1.82) is 0 Å². The van der Waals surface area contributed by atoms with Crippen LogP contribution in [0.15, 0.2) is 47.4 Å². The summed E-state index contributed by atoms with van der Waals surface area (Å²) in [5.74, 6) is 1.11. The Morgan fingerprint density at radius 2 is 1.59 bits per heavy atom. The molecule has 0 heterocycles. The van der Waals surface area contributed by atoms with Crippen molar-refractivity contribution in [3.63, 3.8) is 0 Å². The summed E-state index contributed by atoms with van der Waals surface area (Å²) >= 11 is 0. The molecule has 1 amide bonds. The topological polar surface area (TPSA) is 117 Å². The van der Waals surface area contributed by atoms with Crippen molar-refractivity contribution in [2.75, 3.05) is 21.3 Å². The Morgan fingerprint density at radius 1 is 1.03 bits per heavy atom. The number of carbonyl (C=O) groups is 1. The van der Waals surface area contributed by atoms with Gasteiger partial charge in [-0.1, -0.05) is 12.1 Å². The van der Waals surface area contributed by atoms with E-state index in [1.807, 2.05) is 0 Å². The van der Waals surface area contributed by atoms with E-state index in [9.17, 15) is 13.2 Å². The molecule has 0 aromatic heterocycles. The van der Waals surface area contributed by atoms with Crippen molar-refractivity contribution in [1.82, 2.24) is 5.32 Å². The van der Waals surface area contributed by atoms with E-state index >= 15 is 0 Å². The van der Waals surface area contributed by atoms with Gasteiger partial charge in [-0.25, -0.2) is 13.6 Å². The minimum atomic E-state index is -3.75. The first kappa shape index (κ1) is 22.3. The highest BCUT2D eigenvalue weighted by Gasteiger charge is 2.13. The number of amides is 1. The lowest BCUT2D eigenvalue weighted by Crippen LogP contribution is -2.24. The van der Waals surface area contributed by atoms with Crippen LogP contribution in [0.4, 0.5) is 0 Å². The minimum Gasteiger partial charge on any atom is -0.493 e. The number of nitrogens with one attached hydrogen (secondary N) is 1. The molecule has 2 aromatic carbocycles. The van der Waals surface area contributed by atoms with Crippen LogP contribution in [0.3, 0.4) is 0 Å². The molecule has 1 atom stereocenters. The molecular weight excluding hydrogens is 396 g/mol. The number of benzene rings is 2. The molecular formula is C20H24N2O6S. The molecule has 9 heteroatoms. The van der Waals surface area contributed by atoms with Crippen molar-refractivity contribution >= 4 is 22.0 Å². The van der Waals surface area contributed by atoms with Gasteiger partial charge in [-0.05, 0) is 48.4 Å². The van der Waals surface area contributed by atoms with Crippen LogP contribution < -0.4 is 24.7 Å². The summed E-state index contributed by atoms with van der Waals surface area (Å²) in [5, 5.41) is 7.90. The SMILES string of the molecule is COc1cc(/C=C/C(=O)NC(C)c2ccc(S(N)(=O)=O)cc2)cc(OC)c1OC. The van der Waals surface area contributed by atoms with Gasteiger partial charge in [0.05, 0.1) is 32.3 Å². The van der Waals surface area contributed by atoms with Gasteiger partial charge in [0.1, 0.15) is 0 Å². The first-order chi connectivity index (χ1) is 13.7. The molecule has 2 rings (SSSR count). The smallest absolute Gasteiger partial charge is 0.244 e. The maximum Gasteiger partial charge on any atom is 0.244 e. The lowest BCUT2D eigenvalue weighted by molar-refractivity contribution is -0.117. The number of rotatable bonds is 8. The number of primary sulfonamides is 1. The van der Waals surface area contributed by atoms with Crippen molar-refractivity contribution < 1.29 is 27.4 Å². The van der Waals surface area contributed by atoms with Crippen LogP contribution in [-0.2, 0) is 14.8 Å². The molecule has 0 bridgehead atoms. The molecule has 1 unspecified atom stereocenters. The number of hydrogen-bond acceptors (Lipinski definition) is 6. The monoisotopic (exact) mass is 420 g/mol. The molecule has 0 radical (unpaired) electrons. The molecule has 0 aliphatic carbocycles. The minimum absolute atomic E-state index is 0.0158. The molecule has 0 spiro atoms. The third-order valence-corrected chi connectivity index (χ3v) is 5.11. The van der Waals surface area contributed by atoms with E-state index in [2.05, 4.69) is 5.32 Å². The number of ether oxygens (including phenoxy) is 3. The first-order valence-corrected chi connectivity index (χ1v) is 10.2. The van der Waals surface area contributed by atoms with Gasteiger partial charge < -0.3 is 19.5 Å². The second kappa shape index (κ2) is 9.44. The summed E-state index contributed by atoms with van der Waals surface area (Å²) in [4.78, 5) is 12.3. The predicted octanol–water partition coefficient (Wildman–Crippen LogP) is 2.25. The van der Waals surface area contributed by atoms with E-state index in [4.69, 9.17) is 19.3 Å². The van der Waals surface area contributed by atoms with Gasteiger partial charge in [0.2, 0.25) is 21.7 Å². The molecule has 3 N–H and O–H groups in total. The lowest BCUT2D eigenvalue weighted by Gasteiger charge is -2.14. The van der Waals surface area contributed by atoms with Crippen molar-refractivity contribution in [2.24, 2.45) is 5.14 Å². The van der Waals surface area contributed by atoms with Crippen LogP contribution in [0.1, 0.15) is 24.1 Å². The lowest BCUT2D eigenvalue weighted by atomic mass is 10.1. The van der Waals surface area contributed by atoms with Gasteiger partial charge in [0.15, 0.2) is 11.5 Å². The molecule has 0 saturated carbocycles. The number of sulfonamides is 1. The third kappa shape index (κ3) is 5.72. The fourth-order valence-electron chi connectivity index (χ4n) is 2.66. The van der Waals surface area contributed by atoms with Gasteiger partial charge in [-0.15, -0.1) is 0 Å². The molecule has 0 aliphatic heterocycles. The summed E-state index contributed by atoms with van der Waals surface area (Å²) in [6.45, 7) is 1.79. The highest BCUT2D eigenvalue weighted by atomic mass is 32.2. The normalized spacial score (nSPS) is 12.4. The summed E-state index contributed by atoms with van der Waals surface area (Å²) in [6, 6.07) is 9.13. The maximum absolute atomic E-state index is 12.3. The van der Waals surface area contributed by atoms with Crippen molar-refractivity contribution in [3.05, 3.63) is 53.6 Å². The molecule has 0 aliphatic rings. The Balaban J connectivity index is 2.11. The Morgan fingerprint density at radius 3 is 2.03 bits per heavy atom. The Labute approximate surface area is 170 Å². The van der Waals surface area contributed by atoms with Gasteiger partial charge >= 0.3 is 0 Å². The summed E-state index contributed by atoms with van der Waals surface area (Å²) in [6.07, 6.45) is 3.01. The van der Waals surface area contributed by atoms with Crippen LogP contribution in [-0.4, -0.2) is 35.7 Å². The van der Waals surface area contributed by atoms with E-state index in [1.165, 1.54) is 39.5 Å². The second-order valence-corrected chi connectivity index (χ2v) is 7.70. The van der Waals surface area contributed by atoms with Crippen LogP contribution >= 0.6 is 0 Å². The number of carbonyl (C=O) groups excluding carboxylic acids is 1. The zero-order valence-corrected chi connectivity index (χ0v) is 17.4. The quantitative estimate of drug-likeness (QED) is 0.633. The largest absolute Gasteiger partial charge is 0.493 e. The van der Waals surface area contributed by atoms with Crippen LogP contribution in [0.25, 0.3) is 6.08 Å². The molecule has 0 saturated heterocycles. The van der Waals surface area contributed by atoms with Crippen LogP contribution in [0, 0.1) is 0 Å². The summed E-state index contributed by atoms with van der Waals surface area (Å²) in [5.41, 5.74) is 1.44. The Kier molecular flexibility index (Phi) is 7.24. The Hall–Kier alpha value is -3.04. The molecule has 0 fully saturated rings. The first-order valence-electron chi connectivity index (χ1n) is 8.61. The van der Waals surface area contributed by atoms with Gasteiger partial charge in [-0.2, -0.15) is 0 Å². The van der Waals surface area contributed by atoms with E-state index in [0.717, 1.165) is 5.56 Å². The highest BCUT2D eigenvalue weighted by molar-refractivity contribution is 7.89. The summed E-state index contributed by atoms with van der Waals surface area (Å²) in [7, 11) is 0.790. The molecule has 29 heavy (non-hydrogen) atoms. The average Bonchev–Trinajstić information content (AvgIpc) is 2.70. The van der Waals surface area contributed by atoms with Gasteiger partial charge in [0, 0.05) is 6.08 Å². The molecule has 2 aromatic rings. The van der Waals surface area contributed by atoms with E-state index in [-0.39, 0.29) is 16.8 Å². The fourth-order valence-corrected chi connectivity index (χ4v) is 3.18. The standard InChI is InChI=1S/C20H24N2O6S/c1-13(15-6-8-16(9-7-15)29(21,24)25)22-19(23)10-5-14-11-17(26-2)20(28-4)18(12-14)27-3/h5-13H,1-4H3,(H,22,23)(H2,21,24,25)/b10-5+. The predicted molar refractivity (Wildman–Crippen MR) is 110 cm³/mol. The summed E-state index contributed by atoms with van der Waals surface area (Å²) < 4.78 is 38.5. The maximum atomic E-state index is 12.3. The molecule has 156 valence electrons. The van der Waals surface area contributed by atoms with E-state index < -0.39 is 10.0 Å². The van der Waals surface area contributed by atoms with Crippen LogP contribution in [0.5, 0.6) is 17.2 Å². The van der Waals surface area contributed by atoms with E-state index in [0.29, 0.717) is 22.8 Å². The fraction of sp³-hybridized carbons (Fsp3) is 0.250. The van der Waals surface area contributed by atoms with E-state index in [1.54, 1.807) is 37.3 Å². The highest BCUT2D eigenvalue weighted by Crippen LogP contribution is 2.38. The van der Waals surface area contributed by atoms with Gasteiger partial charge in [0.25, 0.3) is 0 Å². The second-order valence-electron chi connectivity index (χ2n) is 6.14. The van der Waals surface area contributed by atoms with Crippen LogP contribution in [0.2, 0.25) is 0 Å². The number of nitrogens with two attached hydrogens (primary N) is 1. The zero-order valence-electron chi connectivity index (χ0n) is 16.6. The zero-order chi connectivity index (χ0) is 21.6. The molecule has 8 nitrogen and oxygen atoms in total.